The van der Waals surface area contributed by atoms with Crippen molar-refractivity contribution in [3.8, 4) is 10.6 Å². The molecule has 0 radical (unpaired) electrons. The third-order valence-corrected chi connectivity index (χ3v) is 4.55. The van der Waals surface area contributed by atoms with Crippen molar-refractivity contribution in [1.82, 2.24) is 9.88 Å². The molecule has 0 aliphatic heterocycles. The highest BCUT2D eigenvalue weighted by atomic mass is 35.5. The molecule has 4 nitrogen and oxygen atoms in total. The molecule has 2 aromatic rings. The Morgan fingerprint density at radius 1 is 1.45 bits per heavy atom. The fraction of sp³-hybridized carbons (Fsp3) is 0.375. The van der Waals surface area contributed by atoms with Gasteiger partial charge in [0, 0.05) is 24.5 Å². The number of hydrogen-bond donors (Lipinski definition) is 1. The molecule has 0 bridgehead atoms. The Morgan fingerprint density at radius 2 is 2.18 bits per heavy atom. The average molecular weight is 339 g/mol. The van der Waals surface area contributed by atoms with E-state index in [9.17, 15) is 9.90 Å². The third-order valence-electron chi connectivity index (χ3n) is 3.30. The lowest BCUT2D eigenvalue weighted by atomic mass is 10.2. The average Bonchev–Trinajstić information content (AvgIpc) is 2.93. The lowest BCUT2D eigenvalue weighted by Crippen LogP contribution is -2.30. The van der Waals surface area contributed by atoms with E-state index in [1.54, 1.807) is 18.9 Å². The zero-order valence-corrected chi connectivity index (χ0v) is 14.2. The normalized spacial score (nSPS) is 12.2. The molecule has 1 aromatic heterocycles. The fourth-order valence-electron chi connectivity index (χ4n) is 1.94. The van der Waals surface area contributed by atoms with E-state index in [1.165, 1.54) is 11.3 Å². The van der Waals surface area contributed by atoms with E-state index in [-0.39, 0.29) is 12.3 Å². The predicted octanol–water partition coefficient (Wildman–Crippen LogP) is 3.24. The minimum atomic E-state index is -0.402. The van der Waals surface area contributed by atoms with Crippen molar-refractivity contribution in [3.05, 3.63) is 40.4 Å². The van der Waals surface area contributed by atoms with Crippen LogP contribution in [0.5, 0.6) is 0 Å². The number of likely N-dealkylation sites (N-methyl/N-ethyl adjacent to an activating group) is 1. The molecule has 1 N–H and O–H groups in total. The molecule has 0 fully saturated rings. The van der Waals surface area contributed by atoms with Crippen LogP contribution in [-0.2, 0) is 11.2 Å². The maximum atomic E-state index is 12.1. The van der Waals surface area contributed by atoms with Crippen molar-refractivity contribution in [2.45, 2.75) is 25.9 Å². The van der Waals surface area contributed by atoms with Gasteiger partial charge in [0.1, 0.15) is 5.01 Å². The van der Waals surface area contributed by atoms with Gasteiger partial charge in [-0.3, -0.25) is 4.79 Å². The van der Waals surface area contributed by atoms with E-state index < -0.39 is 6.10 Å². The molecule has 1 atom stereocenters. The van der Waals surface area contributed by atoms with Crippen molar-refractivity contribution in [3.63, 3.8) is 0 Å². The maximum absolute atomic E-state index is 12.1. The van der Waals surface area contributed by atoms with Gasteiger partial charge in [-0.15, -0.1) is 11.3 Å². The van der Waals surface area contributed by atoms with Crippen molar-refractivity contribution in [1.29, 1.82) is 0 Å². The SMILES string of the molecule is CC(O)CCN(C)C(=O)Cc1csc(-c2ccccc2Cl)n1. The number of halogens is 1. The second-order valence-corrected chi connectivity index (χ2v) is 6.52. The van der Waals surface area contributed by atoms with Gasteiger partial charge >= 0.3 is 0 Å². The predicted molar refractivity (Wildman–Crippen MR) is 90.2 cm³/mol. The van der Waals surface area contributed by atoms with E-state index in [4.69, 9.17) is 11.6 Å². The molecule has 6 heteroatoms. The summed E-state index contributed by atoms with van der Waals surface area (Å²) in [5.41, 5.74) is 1.63. The number of amides is 1. The molecule has 2 rings (SSSR count). The van der Waals surface area contributed by atoms with Crippen LogP contribution in [0.25, 0.3) is 10.6 Å². The Labute approximate surface area is 139 Å². The molecule has 1 unspecified atom stereocenters. The molecular formula is C16H19ClN2O2S. The number of benzene rings is 1. The summed E-state index contributed by atoms with van der Waals surface area (Å²) in [4.78, 5) is 18.2. The number of rotatable bonds is 6. The van der Waals surface area contributed by atoms with Gasteiger partial charge in [0.25, 0.3) is 0 Å². The summed E-state index contributed by atoms with van der Waals surface area (Å²) in [6.45, 7) is 2.26. The van der Waals surface area contributed by atoms with Crippen molar-refractivity contribution >= 4 is 28.8 Å². The third kappa shape index (κ3) is 4.53. The summed E-state index contributed by atoms with van der Waals surface area (Å²) in [5.74, 6) is -0.00309. The molecule has 0 saturated heterocycles. The van der Waals surface area contributed by atoms with Crippen LogP contribution >= 0.6 is 22.9 Å². The molecule has 0 spiro atoms. The Morgan fingerprint density at radius 3 is 2.86 bits per heavy atom. The summed E-state index contributed by atoms with van der Waals surface area (Å²) < 4.78 is 0. The van der Waals surface area contributed by atoms with Gasteiger partial charge in [-0.1, -0.05) is 29.8 Å². The first-order valence-corrected chi connectivity index (χ1v) is 8.34. The van der Waals surface area contributed by atoms with Gasteiger partial charge in [0.2, 0.25) is 5.91 Å². The van der Waals surface area contributed by atoms with Gasteiger partial charge in [-0.05, 0) is 19.4 Å². The summed E-state index contributed by atoms with van der Waals surface area (Å²) in [6.07, 6.45) is 0.433. The van der Waals surface area contributed by atoms with Crippen LogP contribution in [0.2, 0.25) is 5.02 Å². The monoisotopic (exact) mass is 338 g/mol. The lowest BCUT2D eigenvalue weighted by molar-refractivity contribution is -0.129. The van der Waals surface area contributed by atoms with Crippen molar-refractivity contribution in [2.75, 3.05) is 13.6 Å². The minimum absolute atomic E-state index is 0.00309. The second kappa shape index (κ2) is 7.72. The fourth-order valence-corrected chi connectivity index (χ4v) is 3.08. The standard InChI is InChI=1S/C16H19ClN2O2S/c1-11(20)7-8-19(2)15(21)9-12-10-22-16(18-12)13-5-3-4-6-14(13)17/h3-6,10-11,20H,7-9H2,1-2H3. The summed E-state index contributed by atoms with van der Waals surface area (Å²) in [7, 11) is 1.74. The molecule has 1 amide bonds. The molecule has 1 aromatic carbocycles. The number of carbonyl (C=O) groups excluding carboxylic acids is 1. The summed E-state index contributed by atoms with van der Waals surface area (Å²) in [6, 6.07) is 7.53. The Kier molecular flexibility index (Phi) is 5.94. The highest BCUT2D eigenvalue weighted by Crippen LogP contribution is 2.30. The first-order valence-electron chi connectivity index (χ1n) is 7.08. The Hall–Kier alpha value is -1.43. The number of nitrogens with zero attached hydrogens (tertiary/aromatic N) is 2. The zero-order valence-electron chi connectivity index (χ0n) is 12.6. The highest BCUT2D eigenvalue weighted by Gasteiger charge is 2.14. The van der Waals surface area contributed by atoms with Crippen molar-refractivity contribution in [2.24, 2.45) is 0 Å². The van der Waals surface area contributed by atoms with Crippen LogP contribution in [-0.4, -0.2) is 40.6 Å². The molecule has 22 heavy (non-hydrogen) atoms. The van der Waals surface area contributed by atoms with Gasteiger partial charge in [-0.25, -0.2) is 4.98 Å². The molecule has 1 heterocycles. The van der Waals surface area contributed by atoms with Crippen molar-refractivity contribution < 1.29 is 9.90 Å². The largest absolute Gasteiger partial charge is 0.393 e. The Balaban J connectivity index is 2.00. The number of thiazole rings is 1. The minimum Gasteiger partial charge on any atom is -0.393 e. The number of hydrogen-bond acceptors (Lipinski definition) is 4. The van der Waals surface area contributed by atoms with E-state index in [0.29, 0.717) is 18.0 Å². The van der Waals surface area contributed by atoms with E-state index in [0.717, 1.165) is 16.3 Å². The molecular weight excluding hydrogens is 320 g/mol. The smallest absolute Gasteiger partial charge is 0.228 e. The Bertz CT molecular complexity index is 643. The maximum Gasteiger partial charge on any atom is 0.228 e. The summed E-state index contributed by atoms with van der Waals surface area (Å²) >= 11 is 7.65. The van der Waals surface area contributed by atoms with Crippen LogP contribution in [0.3, 0.4) is 0 Å². The lowest BCUT2D eigenvalue weighted by Gasteiger charge is -2.17. The molecule has 118 valence electrons. The second-order valence-electron chi connectivity index (χ2n) is 5.25. The highest BCUT2D eigenvalue weighted by molar-refractivity contribution is 7.13. The van der Waals surface area contributed by atoms with Crippen LogP contribution in [0.4, 0.5) is 0 Å². The van der Waals surface area contributed by atoms with Crippen LogP contribution in [0, 0.1) is 0 Å². The van der Waals surface area contributed by atoms with Crippen LogP contribution in [0.15, 0.2) is 29.6 Å². The molecule has 0 aliphatic carbocycles. The zero-order chi connectivity index (χ0) is 16.1. The van der Waals surface area contributed by atoms with Crippen LogP contribution < -0.4 is 0 Å². The first kappa shape index (κ1) is 16.9. The van der Waals surface area contributed by atoms with Gasteiger partial charge < -0.3 is 10.0 Å². The van der Waals surface area contributed by atoms with Crippen LogP contribution in [0.1, 0.15) is 19.0 Å². The number of aliphatic hydroxyl groups excluding tert-OH is 1. The van der Waals surface area contributed by atoms with E-state index >= 15 is 0 Å². The first-order chi connectivity index (χ1) is 10.5. The van der Waals surface area contributed by atoms with Gasteiger partial charge in [0.05, 0.1) is 23.2 Å². The number of aromatic nitrogens is 1. The quantitative estimate of drug-likeness (QED) is 0.879. The summed E-state index contributed by atoms with van der Waals surface area (Å²) in [5, 5.41) is 12.6. The number of carbonyl (C=O) groups is 1. The number of aliphatic hydroxyl groups is 1. The molecule has 0 aliphatic rings. The van der Waals surface area contributed by atoms with Gasteiger partial charge in [0.15, 0.2) is 0 Å². The topological polar surface area (TPSA) is 53.4 Å². The molecule has 0 saturated carbocycles. The van der Waals surface area contributed by atoms with E-state index in [1.807, 2.05) is 29.6 Å². The van der Waals surface area contributed by atoms with E-state index in [2.05, 4.69) is 4.98 Å². The van der Waals surface area contributed by atoms with Gasteiger partial charge in [-0.2, -0.15) is 0 Å².